The van der Waals surface area contributed by atoms with Gasteiger partial charge in [-0.3, -0.25) is 9.69 Å². The average Bonchev–Trinajstić information content (AvgIpc) is 3.39. The number of aromatic nitrogens is 4. The van der Waals surface area contributed by atoms with Crippen LogP contribution in [-0.4, -0.2) is 39.8 Å². The molecule has 0 fully saturated rings. The van der Waals surface area contributed by atoms with E-state index in [0.717, 1.165) is 28.1 Å². The number of rotatable bonds is 7. The first-order valence-corrected chi connectivity index (χ1v) is 11.0. The minimum Gasteiger partial charge on any atom is -0.497 e. The van der Waals surface area contributed by atoms with Crippen LogP contribution in [0.1, 0.15) is 22.7 Å². The third-order valence-corrected chi connectivity index (χ3v) is 5.75. The predicted molar refractivity (Wildman–Crippen MR) is 129 cm³/mol. The van der Waals surface area contributed by atoms with Crippen LogP contribution in [-0.2, 0) is 11.3 Å². The zero-order valence-electron chi connectivity index (χ0n) is 18.7. The highest BCUT2D eigenvalue weighted by molar-refractivity contribution is 5.89. The van der Waals surface area contributed by atoms with Gasteiger partial charge in [-0.25, -0.2) is 0 Å². The van der Waals surface area contributed by atoms with Crippen molar-refractivity contribution in [3.63, 3.8) is 0 Å². The maximum Gasteiger partial charge on any atom is 0.251 e. The molecule has 5 rings (SSSR count). The molecule has 1 amide bonds. The van der Waals surface area contributed by atoms with Crippen molar-refractivity contribution in [2.24, 2.45) is 0 Å². The Labute approximate surface area is 197 Å². The molecule has 1 aromatic heterocycles. The molecule has 1 atom stereocenters. The third-order valence-electron chi connectivity index (χ3n) is 5.75. The fourth-order valence-electron chi connectivity index (χ4n) is 4.01. The van der Waals surface area contributed by atoms with E-state index in [-0.39, 0.29) is 18.5 Å². The van der Waals surface area contributed by atoms with Crippen molar-refractivity contribution in [1.29, 1.82) is 0 Å². The Morgan fingerprint density at radius 1 is 0.971 bits per heavy atom. The van der Waals surface area contributed by atoms with Gasteiger partial charge in [0.25, 0.3) is 5.95 Å². The fraction of sp³-hybridized carbons (Fsp3) is 0.154. The van der Waals surface area contributed by atoms with Crippen LogP contribution in [0.25, 0.3) is 5.70 Å². The molecule has 170 valence electrons. The Morgan fingerprint density at radius 3 is 2.38 bits per heavy atom. The lowest BCUT2D eigenvalue weighted by Gasteiger charge is -2.32. The van der Waals surface area contributed by atoms with Crippen LogP contribution < -0.4 is 15.0 Å². The number of hydrogen-bond acceptors (Lipinski definition) is 6. The molecule has 8 heteroatoms. The van der Waals surface area contributed by atoms with Crippen LogP contribution in [0.2, 0.25) is 0 Å². The summed E-state index contributed by atoms with van der Waals surface area (Å²) in [7, 11) is 1.63. The van der Waals surface area contributed by atoms with Crippen molar-refractivity contribution < 1.29 is 9.53 Å². The summed E-state index contributed by atoms with van der Waals surface area (Å²) in [6, 6.07) is 27.5. The Bertz CT molecular complexity index is 1290. The van der Waals surface area contributed by atoms with Crippen molar-refractivity contribution in [3.8, 4) is 5.75 Å². The number of tetrazole rings is 1. The van der Waals surface area contributed by atoms with Gasteiger partial charge in [0.2, 0.25) is 5.91 Å². The SMILES string of the molecule is COc1ccc(CNC(=O)CN2C(c3ccccc3)=C[C@@H](c3ccccc3)n3nnnc32)cc1. The number of anilines is 1. The number of nitrogens with one attached hydrogen (secondary N) is 1. The quantitative estimate of drug-likeness (QED) is 0.462. The van der Waals surface area contributed by atoms with E-state index >= 15 is 0 Å². The largest absolute Gasteiger partial charge is 0.497 e. The second kappa shape index (κ2) is 9.58. The van der Waals surface area contributed by atoms with Gasteiger partial charge in [0.1, 0.15) is 18.3 Å². The molecule has 4 aromatic rings. The average molecular weight is 453 g/mol. The number of fused-ring (bicyclic) bond motifs is 1. The second-order valence-electron chi connectivity index (χ2n) is 7.91. The van der Waals surface area contributed by atoms with E-state index in [4.69, 9.17) is 4.74 Å². The first kappa shape index (κ1) is 21.4. The molecule has 0 aliphatic carbocycles. The van der Waals surface area contributed by atoms with Gasteiger partial charge in [0.05, 0.1) is 12.8 Å². The minimum atomic E-state index is -0.181. The van der Waals surface area contributed by atoms with E-state index in [1.165, 1.54) is 0 Å². The van der Waals surface area contributed by atoms with Crippen LogP contribution in [0.5, 0.6) is 5.75 Å². The van der Waals surface area contributed by atoms with Gasteiger partial charge >= 0.3 is 0 Å². The van der Waals surface area contributed by atoms with Gasteiger partial charge in [0.15, 0.2) is 0 Å². The molecule has 0 radical (unpaired) electrons. The van der Waals surface area contributed by atoms with Crippen molar-refractivity contribution in [2.45, 2.75) is 12.6 Å². The second-order valence-corrected chi connectivity index (χ2v) is 7.91. The number of carbonyl (C=O) groups excluding carboxylic acids is 1. The molecule has 1 aliphatic rings. The van der Waals surface area contributed by atoms with Crippen LogP contribution in [0.15, 0.2) is 91.0 Å². The molecule has 34 heavy (non-hydrogen) atoms. The van der Waals surface area contributed by atoms with E-state index in [1.54, 1.807) is 11.8 Å². The smallest absolute Gasteiger partial charge is 0.251 e. The molecule has 3 aromatic carbocycles. The number of amides is 1. The van der Waals surface area contributed by atoms with Crippen LogP contribution >= 0.6 is 0 Å². The first-order chi connectivity index (χ1) is 16.7. The number of methoxy groups -OCH3 is 1. The van der Waals surface area contributed by atoms with Crippen molar-refractivity contribution in [1.82, 2.24) is 25.5 Å². The normalized spacial score (nSPS) is 14.8. The molecule has 1 aliphatic heterocycles. The fourth-order valence-corrected chi connectivity index (χ4v) is 4.01. The number of hydrogen-bond donors (Lipinski definition) is 1. The molecule has 0 bridgehead atoms. The van der Waals surface area contributed by atoms with Gasteiger partial charge in [-0.15, -0.1) is 0 Å². The highest BCUT2D eigenvalue weighted by Gasteiger charge is 2.31. The Morgan fingerprint density at radius 2 is 1.68 bits per heavy atom. The Hall–Kier alpha value is -4.46. The summed E-state index contributed by atoms with van der Waals surface area (Å²) < 4.78 is 6.94. The molecule has 0 saturated carbocycles. The molecule has 8 nitrogen and oxygen atoms in total. The predicted octanol–water partition coefficient (Wildman–Crippen LogP) is 3.45. The number of carbonyl (C=O) groups is 1. The Balaban J connectivity index is 1.42. The third kappa shape index (κ3) is 4.38. The molecule has 0 unspecified atom stereocenters. The number of ether oxygens (including phenoxy) is 1. The molecule has 0 spiro atoms. The number of nitrogens with zero attached hydrogens (tertiary/aromatic N) is 5. The minimum absolute atomic E-state index is 0.0821. The Kier molecular flexibility index (Phi) is 6.03. The van der Waals surface area contributed by atoms with Gasteiger partial charge in [-0.1, -0.05) is 77.9 Å². The van der Waals surface area contributed by atoms with E-state index in [0.29, 0.717) is 12.5 Å². The zero-order valence-corrected chi connectivity index (χ0v) is 18.7. The summed E-state index contributed by atoms with van der Waals surface area (Å²) in [5, 5.41) is 15.4. The van der Waals surface area contributed by atoms with Crippen LogP contribution in [0.4, 0.5) is 5.95 Å². The molecular formula is C26H24N6O2. The van der Waals surface area contributed by atoms with Crippen LogP contribution in [0.3, 0.4) is 0 Å². The highest BCUT2D eigenvalue weighted by Crippen LogP contribution is 2.35. The number of benzene rings is 3. The highest BCUT2D eigenvalue weighted by atomic mass is 16.5. The van der Waals surface area contributed by atoms with Gasteiger partial charge < -0.3 is 10.1 Å². The summed E-state index contributed by atoms with van der Waals surface area (Å²) in [6.45, 7) is 0.497. The van der Waals surface area contributed by atoms with Gasteiger partial charge in [0, 0.05) is 6.54 Å². The van der Waals surface area contributed by atoms with Crippen LogP contribution in [0, 0.1) is 0 Å². The van der Waals surface area contributed by atoms with E-state index in [9.17, 15) is 4.79 Å². The van der Waals surface area contributed by atoms with Gasteiger partial charge in [-0.2, -0.15) is 4.68 Å². The lowest BCUT2D eigenvalue weighted by molar-refractivity contribution is -0.119. The van der Waals surface area contributed by atoms with Gasteiger partial charge in [-0.05, 0) is 45.3 Å². The van der Waals surface area contributed by atoms with Crippen molar-refractivity contribution >= 4 is 17.6 Å². The first-order valence-electron chi connectivity index (χ1n) is 11.0. The summed E-state index contributed by atoms with van der Waals surface area (Å²) in [4.78, 5) is 14.8. The van der Waals surface area contributed by atoms with E-state index in [1.807, 2.05) is 89.8 Å². The summed E-state index contributed by atoms with van der Waals surface area (Å²) in [5.41, 5.74) is 3.92. The van der Waals surface area contributed by atoms with E-state index < -0.39 is 0 Å². The lowest BCUT2D eigenvalue weighted by Crippen LogP contribution is -2.39. The molecule has 2 heterocycles. The number of allylic oxidation sites excluding steroid dienone is 1. The summed E-state index contributed by atoms with van der Waals surface area (Å²) >= 11 is 0. The summed E-state index contributed by atoms with van der Waals surface area (Å²) in [6.07, 6.45) is 2.10. The standard InChI is InChI=1S/C26H24N6O2/c1-34-22-14-12-19(13-15-22)17-27-25(33)18-31-23(20-8-4-2-5-9-20)16-24(21-10-6-3-7-11-21)32-26(31)28-29-30-32/h2-16,24H,17-18H2,1H3,(H,27,33)/t24-/m0/s1. The zero-order chi connectivity index (χ0) is 23.3. The van der Waals surface area contributed by atoms with Crippen molar-refractivity contribution in [2.75, 3.05) is 18.6 Å². The molecule has 1 N–H and O–H groups in total. The summed E-state index contributed by atoms with van der Waals surface area (Å²) in [5.74, 6) is 1.17. The monoisotopic (exact) mass is 452 g/mol. The molecular weight excluding hydrogens is 428 g/mol. The molecule has 0 saturated heterocycles. The van der Waals surface area contributed by atoms with Crippen molar-refractivity contribution in [3.05, 3.63) is 108 Å². The maximum atomic E-state index is 13.0. The topological polar surface area (TPSA) is 85.2 Å². The lowest BCUT2D eigenvalue weighted by atomic mass is 10.0. The maximum absolute atomic E-state index is 13.0. The van der Waals surface area contributed by atoms with E-state index in [2.05, 4.69) is 26.9 Å².